The van der Waals surface area contributed by atoms with Crippen molar-refractivity contribution in [3.05, 3.63) is 54.4 Å². The topological polar surface area (TPSA) is 47.5 Å². The lowest BCUT2D eigenvalue weighted by Gasteiger charge is -2.12. The lowest BCUT2D eigenvalue weighted by molar-refractivity contribution is -0.686. The summed E-state index contributed by atoms with van der Waals surface area (Å²) in [5.74, 6) is 2.65. The lowest BCUT2D eigenvalue weighted by atomic mass is 10.3. The Morgan fingerprint density at radius 1 is 1.08 bits per heavy atom. The molecule has 0 fully saturated rings. The quantitative estimate of drug-likeness (QED) is 0.632. The molecule has 0 saturated heterocycles. The number of fused-ring (bicyclic) bond motifs is 1. The van der Waals surface area contributed by atoms with Gasteiger partial charge in [0.05, 0.1) is 13.7 Å². The predicted molar refractivity (Wildman–Crippen MR) is 102 cm³/mol. The summed E-state index contributed by atoms with van der Waals surface area (Å²) in [6, 6.07) is 15.8. The van der Waals surface area contributed by atoms with Crippen LogP contribution in [0.15, 0.2) is 48.5 Å². The molecule has 2 aromatic carbocycles. The number of hydrogen-bond acceptors (Lipinski definition) is 3. The maximum absolute atomic E-state index is 10.6. The number of aliphatic hydroxyl groups excluding tert-OH is 1. The number of aryl methyl sites for hydroxylation is 1. The zero-order valence-electron chi connectivity index (χ0n) is 15.7. The van der Waals surface area contributed by atoms with E-state index in [1.165, 1.54) is 11.3 Å². The Morgan fingerprint density at radius 3 is 2.58 bits per heavy atom. The van der Waals surface area contributed by atoms with Crippen molar-refractivity contribution in [2.24, 2.45) is 0 Å². The summed E-state index contributed by atoms with van der Waals surface area (Å²) >= 11 is 0. The molecule has 0 bridgehead atoms. The van der Waals surface area contributed by atoms with Crippen LogP contribution in [-0.4, -0.2) is 29.5 Å². The molecule has 1 unspecified atom stereocenters. The van der Waals surface area contributed by atoms with Crippen molar-refractivity contribution >= 4 is 11.0 Å². The first-order valence-corrected chi connectivity index (χ1v) is 9.12. The largest absolute Gasteiger partial charge is 0.497 e. The van der Waals surface area contributed by atoms with Crippen LogP contribution in [0.3, 0.4) is 0 Å². The predicted octanol–water partition coefficient (Wildman–Crippen LogP) is 2.96. The van der Waals surface area contributed by atoms with E-state index in [0.29, 0.717) is 12.3 Å². The average Bonchev–Trinajstić information content (AvgIpc) is 2.99. The van der Waals surface area contributed by atoms with Gasteiger partial charge in [0, 0.05) is 12.5 Å². The number of imidazole rings is 1. The molecule has 26 heavy (non-hydrogen) atoms. The maximum atomic E-state index is 10.6. The molecule has 0 aliphatic rings. The number of rotatable bonds is 8. The summed E-state index contributed by atoms with van der Waals surface area (Å²) in [5.41, 5.74) is 2.35. The van der Waals surface area contributed by atoms with E-state index < -0.39 is 6.10 Å². The zero-order chi connectivity index (χ0) is 18.5. The van der Waals surface area contributed by atoms with Crippen LogP contribution in [0.2, 0.25) is 0 Å². The van der Waals surface area contributed by atoms with Crippen LogP contribution in [-0.2, 0) is 19.5 Å². The standard InChI is InChI=1S/C21H27N2O3/c1-4-21-22(5-2)19-11-6-7-12-20(19)23(21)14-16(24)15-26-18-10-8-9-17(13-18)25-3/h6-13,16,24H,4-5,14-15H2,1-3H3/q+1. The van der Waals surface area contributed by atoms with Crippen molar-refractivity contribution in [1.29, 1.82) is 0 Å². The van der Waals surface area contributed by atoms with Gasteiger partial charge in [-0.15, -0.1) is 0 Å². The molecule has 0 radical (unpaired) electrons. The van der Waals surface area contributed by atoms with Crippen LogP contribution in [0.25, 0.3) is 11.0 Å². The van der Waals surface area contributed by atoms with Crippen molar-refractivity contribution in [2.75, 3.05) is 13.7 Å². The number of ether oxygens (including phenoxy) is 2. The highest BCUT2D eigenvalue weighted by Crippen LogP contribution is 2.19. The second kappa shape index (κ2) is 8.23. The zero-order valence-corrected chi connectivity index (χ0v) is 15.7. The molecule has 0 saturated carbocycles. The molecular weight excluding hydrogens is 328 g/mol. The SMILES string of the molecule is CCc1n(CC)c2ccccc2[n+]1CC(O)COc1cccc(OC)c1. The van der Waals surface area contributed by atoms with Crippen LogP contribution < -0.4 is 14.0 Å². The first-order valence-electron chi connectivity index (χ1n) is 9.12. The van der Waals surface area contributed by atoms with Crippen LogP contribution in [0.4, 0.5) is 0 Å². The summed E-state index contributed by atoms with van der Waals surface area (Å²) in [5, 5.41) is 10.6. The van der Waals surface area contributed by atoms with Gasteiger partial charge in [-0.3, -0.25) is 0 Å². The van der Waals surface area contributed by atoms with Gasteiger partial charge >= 0.3 is 0 Å². The Morgan fingerprint density at radius 2 is 1.85 bits per heavy atom. The van der Waals surface area contributed by atoms with Gasteiger partial charge in [-0.1, -0.05) is 25.1 Å². The number of methoxy groups -OCH3 is 1. The minimum absolute atomic E-state index is 0.231. The second-order valence-electron chi connectivity index (χ2n) is 6.26. The van der Waals surface area contributed by atoms with Crippen LogP contribution >= 0.6 is 0 Å². The third-order valence-electron chi connectivity index (χ3n) is 4.60. The lowest BCUT2D eigenvalue weighted by Crippen LogP contribution is -2.44. The first-order chi connectivity index (χ1) is 12.7. The van der Waals surface area contributed by atoms with Gasteiger partial charge in [0.25, 0.3) is 5.82 Å². The number of para-hydroxylation sites is 2. The van der Waals surface area contributed by atoms with Gasteiger partial charge in [0.1, 0.15) is 30.8 Å². The molecule has 1 aromatic heterocycles. The molecule has 3 aromatic rings. The van der Waals surface area contributed by atoms with Crippen molar-refractivity contribution in [3.63, 3.8) is 0 Å². The molecule has 3 rings (SSSR count). The Hall–Kier alpha value is -2.53. The molecule has 0 spiro atoms. The summed E-state index contributed by atoms with van der Waals surface area (Å²) in [4.78, 5) is 0. The van der Waals surface area contributed by atoms with E-state index in [-0.39, 0.29) is 6.61 Å². The summed E-state index contributed by atoms with van der Waals surface area (Å²) in [6.45, 7) is 5.94. The Balaban J connectivity index is 1.77. The van der Waals surface area contributed by atoms with E-state index in [4.69, 9.17) is 9.47 Å². The number of benzene rings is 2. The number of hydrogen-bond donors (Lipinski definition) is 1. The number of aliphatic hydroxyl groups is 1. The Bertz CT molecular complexity index is 873. The van der Waals surface area contributed by atoms with Crippen molar-refractivity contribution in [3.8, 4) is 11.5 Å². The molecule has 1 atom stereocenters. The van der Waals surface area contributed by atoms with Gasteiger partial charge in [-0.05, 0) is 31.2 Å². The molecular formula is C21H27N2O3+. The highest BCUT2D eigenvalue weighted by molar-refractivity contribution is 5.72. The third kappa shape index (κ3) is 3.68. The average molecular weight is 355 g/mol. The smallest absolute Gasteiger partial charge is 0.257 e. The van der Waals surface area contributed by atoms with Crippen LogP contribution in [0, 0.1) is 0 Å². The van der Waals surface area contributed by atoms with Crippen molar-refractivity contribution in [1.82, 2.24) is 4.57 Å². The van der Waals surface area contributed by atoms with Gasteiger partial charge < -0.3 is 14.6 Å². The monoisotopic (exact) mass is 355 g/mol. The van der Waals surface area contributed by atoms with Gasteiger partial charge in [-0.25, -0.2) is 9.13 Å². The summed E-state index contributed by atoms with van der Waals surface area (Å²) in [7, 11) is 1.63. The minimum atomic E-state index is -0.604. The minimum Gasteiger partial charge on any atom is -0.497 e. The normalized spacial score (nSPS) is 12.3. The fraction of sp³-hybridized carbons (Fsp3) is 0.381. The van der Waals surface area contributed by atoms with Crippen molar-refractivity contribution < 1.29 is 19.1 Å². The highest BCUT2D eigenvalue weighted by Gasteiger charge is 2.24. The van der Waals surface area contributed by atoms with Crippen molar-refractivity contribution in [2.45, 2.75) is 39.5 Å². The summed E-state index contributed by atoms with van der Waals surface area (Å²) < 4.78 is 15.5. The van der Waals surface area contributed by atoms with E-state index >= 15 is 0 Å². The fourth-order valence-electron chi connectivity index (χ4n) is 3.43. The van der Waals surface area contributed by atoms with Gasteiger partial charge in [0.2, 0.25) is 0 Å². The third-order valence-corrected chi connectivity index (χ3v) is 4.60. The number of aromatic nitrogens is 2. The highest BCUT2D eigenvalue weighted by atomic mass is 16.5. The molecule has 1 heterocycles. The van der Waals surface area contributed by atoms with Gasteiger partial charge in [-0.2, -0.15) is 0 Å². The molecule has 0 aliphatic heterocycles. The maximum Gasteiger partial charge on any atom is 0.257 e. The molecule has 5 heteroatoms. The van der Waals surface area contributed by atoms with E-state index in [1.54, 1.807) is 7.11 Å². The first kappa shape index (κ1) is 18.3. The van der Waals surface area contributed by atoms with Crippen LogP contribution in [0.1, 0.15) is 19.7 Å². The van der Waals surface area contributed by atoms with E-state index in [0.717, 1.165) is 24.2 Å². The Labute approximate surface area is 154 Å². The molecule has 138 valence electrons. The number of nitrogens with zero attached hydrogens (tertiary/aromatic N) is 2. The molecule has 1 N–H and O–H groups in total. The molecule has 5 nitrogen and oxygen atoms in total. The fourth-order valence-corrected chi connectivity index (χ4v) is 3.43. The second-order valence-corrected chi connectivity index (χ2v) is 6.26. The summed E-state index contributed by atoms with van der Waals surface area (Å²) in [6.07, 6.45) is 0.305. The van der Waals surface area contributed by atoms with E-state index in [9.17, 15) is 5.11 Å². The van der Waals surface area contributed by atoms with E-state index in [2.05, 4.69) is 41.2 Å². The molecule has 0 aliphatic carbocycles. The van der Waals surface area contributed by atoms with Gasteiger partial charge in [0.15, 0.2) is 11.0 Å². The molecule has 0 amide bonds. The van der Waals surface area contributed by atoms with E-state index in [1.807, 2.05) is 30.3 Å². The Kier molecular flexibility index (Phi) is 5.78. The van der Waals surface area contributed by atoms with Crippen LogP contribution in [0.5, 0.6) is 11.5 Å².